The zero-order chi connectivity index (χ0) is 53.0. The average molecular weight is 1000 g/mol. The van der Waals surface area contributed by atoms with E-state index < -0.39 is 0 Å². The molecule has 1 aliphatic rings. The Hall–Kier alpha value is -8.67. The fourth-order valence-electron chi connectivity index (χ4n) is 11.8. The van der Waals surface area contributed by atoms with E-state index in [4.69, 9.17) is 9.72 Å². The van der Waals surface area contributed by atoms with Crippen molar-refractivity contribution in [2.75, 3.05) is 4.90 Å². The van der Waals surface area contributed by atoms with E-state index in [2.05, 4.69) is 283 Å². The standard InChI is InChI=1S/C72H64N4O/c1-70(2,3)49-35-36-73-67(42-49)76-64-31-18-17-27-60(64)61-34-33-53(44-66(61)76)77-54-41-51(72(7,8)9)40-52(43-54)74-45-75-68-55(48-37-47(46-21-11-10-12-22-46)38-50(39-48)71(4,5)6)28-19-29-62(68)58-25-15-13-23-56(58)57-24-14-16-26-59(57)63-30-20-32-65(74)69(63)75/h10-44H,45H2,1-9H3. The molecule has 0 amide bonds. The van der Waals surface area contributed by atoms with Gasteiger partial charge in [0.1, 0.15) is 24.0 Å². The third kappa shape index (κ3) is 8.37. The van der Waals surface area contributed by atoms with E-state index in [0.717, 1.165) is 45.1 Å². The second-order valence-corrected chi connectivity index (χ2v) is 24.1. The Morgan fingerprint density at radius 1 is 0.390 bits per heavy atom. The molecule has 4 heterocycles. The summed E-state index contributed by atoms with van der Waals surface area (Å²) >= 11 is 0. The van der Waals surface area contributed by atoms with Crippen LogP contribution in [0.15, 0.2) is 212 Å². The molecule has 77 heavy (non-hydrogen) atoms. The lowest BCUT2D eigenvalue weighted by molar-refractivity contribution is 0.479. The number of hydrogen-bond donors (Lipinski definition) is 0. The molecule has 5 heteroatoms. The molecule has 9 aromatic carbocycles. The summed E-state index contributed by atoms with van der Waals surface area (Å²) in [5, 5.41) is 9.58. The first-order chi connectivity index (χ1) is 37.1. The Kier molecular flexibility index (Phi) is 11.2. The Morgan fingerprint density at radius 3 is 1.65 bits per heavy atom. The number of rotatable bonds is 6. The molecule has 0 unspecified atom stereocenters. The van der Waals surface area contributed by atoms with E-state index in [1.165, 1.54) is 87.7 Å². The summed E-state index contributed by atoms with van der Waals surface area (Å²) in [7, 11) is 0. The van der Waals surface area contributed by atoms with Gasteiger partial charge in [0.2, 0.25) is 0 Å². The van der Waals surface area contributed by atoms with Gasteiger partial charge in [-0.1, -0.05) is 202 Å². The van der Waals surface area contributed by atoms with Gasteiger partial charge in [-0.2, -0.15) is 0 Å². The molecule has 378 valence electrons. The van der Waals surface area contributed by atoms with Crippen molar-refractivity contribution in [2.24, 2.45) is 0 Å². The molecule has 0 fully saturated rings. The highest BCUT2D eigenvalue weighted by atomic mass is 16.5. The van der Waals surface area contributed by atoms with Crippen molar-refractivity contribution in [3.8, 4) is 39.6 Å². The first kappa shape index (κ1) is 48.0. The van der Waals surface area contributed by atoms with Gasteiger partial charge in [-0.3, -0.25) is 4.57 Å². The number of para-hydroxylation sites is 3. The normalized spacial score (nSPS) is 12.9. The maximum atomic E-state index is 7.15. The molecule has 3 aromatic heterocycles. The lowest BCUT2D eigenvalue weighted by atomic mass is 9.83. The predicted octanol–water partition coefficient (Wildman–Crippen LogP) is 19.8. The average Bonchev–Trinajstić information content (AvgIpc) is 4.12. The SMILES string of the molecule is CC(C)(C)c1cc(-c2ccccc2)cc(-c2cccc3c4ccccc4c4ccccc4c4cccc5c4n(c23)CN5c2cc(Oc3ccc4c5ccccc5n(-c5cc(C(C)(C)C)ccn5)c4c3)cc(C(C)(C)C)c2)c1. The minimum atomic E-state index is -0.184. The third-order valence-electron chi connectivity index (χ3n) is 15.9. The molecule has 0 bridgehead atoms. The molecule has 0 saturated carbocycles. The van der Waals surface area contributed by atoms with E-state index in [-0.39, 0.29) is 16.2 Å². The third-order valence-corrected chi connectivity index (χ3v) is 15.9. The van der Waals surface area contributed by atoms with E-state index in [1.807, 2.05) is 6.20 Å². The monoisotopic (exact) mass is 1000 g/mol. The fourth-order valence-corrected chi connectivity index (χ4v) is 11.8. The zero-order valence-corrected chi connectivity index (χ0v) is 45.6. The molecule has 0 spiro atoms. The fraction of sp³-hybridized carbons (Fsp3) is 0.181. The van der Waals surface area contributed by atoms with Crippen molar-refractivity contribution < 1.29 is 4.74 Å². The Labute approximate surface area is 452 Å². The van der Waals surface area contributed by atoms with Crippen LogP contribution in [0.1, 0.15) is 79.0 Å². The minimum absolute atomic E-state index is 0.0311. The van der Waals surface area contributed by atoms with Crippen LogP contribution in [0, 0.1) is 0 Å². The molecule has 0 aliphatic carbocycles. The lowest BCUT2D eigenvalue weighted by Crippen LogP contribution is -2.17. The van der Waals surface area contributed by atoms with Crippen molar-refractivity contribution >= 4 is 76.5 Å². The van der Waals surface area contributed by atoms with Crippen LogP contribution in [0.3, 0.4) is 0 Å². The van der Waals surface area contributed by atoms with Gasteiger partial charge in [-0.05, 0) is 126 Å². The van der Waals surface area contributed by atoms with Gasteiger partial charge in [0.25, 0.3) is 0 Å². The smallest absolute Gasteiger partial charge is 0.137 e. The summed E-state index contributed by atoms with van der Waals surface area (Å²) in [6.45, 7) is 21.2. The first-order valence-corrected chi connectivity index (χ1v) is 27.1. The van der Waals surface area contributed by atoms with Crippen LogP contribution in [0.25, 0.3) is 93.2 Å². The van der Waals surface area contributed by atoms with Crippen molar-refractivity contribution in [1.29, 1.82) is 0 Å². The second kappa shape index (κ2) is 18.0. The molecular weight excluding hydrogens is 937 g/mol. The molecule has 1 aliphatic heterocycles. The maximum Gasteiger partial charge on any atom is 0.137 e. The van der Waals surface area contributed by atoms with Crippen molar-refractivity contribution in [3.05, 3.63) is 229 Å². The zero-order valence-electron chi connectivity index (χ0n) is 45.6. The van der Waals surface area contributed by atoms with Gasteiger partial charge in [0, 0.05) is 51.1 Å². The highest BCUT2D eigenvalue weighted by Crippen LogP contribution is 2.47. The summed E-state index contributed by atoms with van der Waals surface area (Å²) in [6.07, 6.45) is 1.94. The molecule has 13 rings (SSSR count). The number of benzene rings is 9. The van der Waals surface area contributed by atoms with Gasteiger partial charge in [0.05, 0.1) is 27.8 Å². The molecule has 0 atom stereocenters. The van der Waals surface area contributed by atoms with Crippen LogP contribution in [-0.2, 0) is 22.9 Å². The van der Waals surface area contributed by atoms with Crippen LogP contribution >= 0.6 is 0 Å². The molecule has 5 nitrogen and oxygen atoms in total. The van der Waals surface area contributed by atoms with Gasteiger partial charge in [0.15, 0.2) is 0 Å². The number of fused-ring (bicyclic) bond motifs is 10. The first-order valence-electron chi connectivity index (χ1n) is 27.1. The number of nitrogens with zero attached hydrogens (tertiary/aromatic N) is 4. The van der Waals surface area contributed by atoms with Gasteiger partial charge in [-0.25, -0.2) is 4.98 Å². The van der Waals surface area contributed by atoms with Gasteiger partial charge in [-0.15, -0.1) is 0 Å². The topological polar surface area (TPSA) is 35.2 Å². The number of pyridine rings is 1. The van der Waals surface area contributed by atoms with E-state index in [1.54, 1.807) is 0 Å². The van der Waals surface area contributed by atoms with E-state index >= 15 is 0 Å². The van der Waals surface area contributed by atoms with Crippen LogP contribution in [0.4, 0.5) is 11.4 Å². The summed E-state index contributed by atoms with van der Waals surface area (Å²) in [5.41, 5.74) is 15.0. The molecular formula is C72H64N4O. The largest absolute Gasteiger partial charge is 0.457 e. The van der Waals surface area contributed by atoms with Gasteiger partial charge < -0.3 is 14.2 Å². The number of aromatic nitrogens is 3. The number of ether oxygens (including phenoxy) is 1. The highest BCUT2D eigenvalue weighted by molar-refractivity contribution is 6.22. The van der Waals surface area contributed by atoms with Crippen molar-refractivity contribution in [3.63, 3.8) is 0 Å². The lowest BCUT2D eigenvalue weighted by Gasteiger charge is -2.26. The molecule has 0 N–H and O–H groups in total. The predicted molar refractivity (Wildman–Crippen MR) is 326 cm³/mol. The summed E-state index contributed by atoms with van der Waals surface area (Å²) in [6, 6.07) is 76.1. The van der Waals surface area contributed by atoms with E-state index in [9.17, 15) is 0 Å². The number of hydrogen-bond acceptors (Lipinski definition) is 3. The summed E-state index contributed by atoms with van der Waals surface area (Å²) in [5.74, 6) is 2.44. The van der Waals surface area contributed by atoms with Crippen LogP contribution in [0.5, 0.6) is 11.5 Å². The van der Waals surface area contributed by atoms with Gasteiger partial charge >= 0.3 is 0 Å². The Morgan fingerprint density at radius 2 is 0.961 bits per heavy atom. The Bertz CT molecular complexity index is 4400. The highest BCUT2D eigenvalue weighted by Gasteiger charge is 2.28. The van der Waals surface area contributed by atoms with Crippen molar-refractivity contribution in [1.82, 2.24) is 14.1 Å². The van der Waals surface area contributed by atoms with Crippen LogP contribution in [-0.4, -0.2) is 14.1 Å². The Balaban J connectivity index is 1.04. The maximum absolute atomic E-state index is 7.15. The minimum Gasteiger partial charge on any atom is -0.457 e. The van der Waals surface area contributed by atoms with Crippen LogP contribution < -0.4 is 9.64 Å². The summed E-state index contributed by atoms with van der Waals surface area (Å²) < 4.78 is 12.1. The van der Waals surface area contributed by atoms with Crippen LogP contribution in [0.2, 0.25) is 0 Å². The molecule has 0 saturated heterocycles. The quantitative estimate of drug-likeness (QED) is 0.166. The van der Waals surface area contributed by atoms with Crippen molar-refractivity contribution in [2.45, 2.75) is 85.2 Å². The molecule has 0 radical (unpaired) electrons. The molecule has 12 aromatic rings. The van der Waals surface area contributed by atoms with E-state index in [0.29, 0.717) is 6.67 Å². The summed E-state index contributed by atoms with van der Waals surface area (Å²) in [4.78, 5) is 7.47. The number of anilines is 2. The second-order valence-electron chi connectivity index (χ2n) is 24.1.